The van der Waals surface area contributed by atoms with Gasteiger partial charge in [0, 0.05) is 32.0 Å². The Labute approximate surface area is 123 Å². The second-order valence-electron chi connectivity index (χ2n) is 5.22. The van der Waals surface area contributed by atoms with E-state index in [4.69, 9.17) is 22.7 Å². The number of ether oxygens (including phenoxy) is 1. The molecule has 1 aliphatic carbocycles. The number of nitrogens with zero attached hydrogens (tertiary/aromatic N) is 1. The second-order valence-corrected chi connectivity index (χ2v) is 5.66. The number of pyridine rings is 1. The van der Waals surface area contributed by atoms with Crippen LogP contribution in [0.15, 0.2) is 18.3 Å². The Morgan fingerprint density at radius 2 is 2.30 bits per heavy atom. The third kappa shape index (κ3) is 3.74. The molecule has 0 aromatic carbocycles. The number of methoxy groups -OCH3 is 1. The summed E-state index contributed by atoms with van der Waals surface area (Å²) >= 11 is 4.85. The number of hydrogen-bond donors (Lipinski definition) is 2. The molecule has 2 rings (SSSR count). The van der Waals surface area contributed by atoms with Gasteiger partial charge in [0.2, 0.25) is 0 Å². The first kappa shape index (κ1) is 14.9. The Kier molecular flexibility index (Phi) is 4.67. The smallest absolute Gasteiger partial charge is 0.269 e. The first-order valence-corrected chi connectivity index (χ1v) is 7.00. The van der Waals surface area contributed by atoms with Crippen LogP contribution in [0.25, 0.3) is 0 Å². The van der Waals surface area contributed by atoms with E-state index in [2.05, 4.69) is 10.3 Å². The average molecular weight is 293 g/mol. The summed E-state index contributed by atoms with van der Waals surface area (Å²) in [6.45, 7) is 1.41. The molecular formula is C14H19N3O2S. The van der Waals surface area contributed by atoms with Crippen LogP contribution in [0.2, 0.25) is 0 Å². The number of amides is 1. The molecule has 1 fully saturated rings. The molecular weight excluding hydrogens is 274 g/mol. The van der Waals surface area contributed by atoms with Crippen molar-refractivity contribution >= 4 is 23.1 Å². The molecule has 1 saturated carbocycles. The van der Waals surface area contributed by atoms with Crippen molar-refractivity contribution in [2.45, 2.75) is 19.3 Å². The maximum Gasteiger partial charge on any atom is 0.269 e. The van der Waals surface area contributed by atoms with E-state index < -0.39 is 0 Å². The van der Waals surface area contributed by atoms with Crippen molar-refractivity contribution in [3.63, 3.8) is 0 Å². The van der Waals surface area contributed by atoms with Crippen molar-refractivity contribution in [3.05, 3.63) is 29.6 Å². The maximum absolute atomic E-state index is 12.0. The van der Waals surface area contributed by atoms with Crippen molar-refractivity contribution < 1.29 is 9.53 Å². The monoisotopic (exact) mass is 293 g/mol. The van der Waals surface area contributed by atoms with Crippen LogP contribution in [-0.2, 0) is 4.74 Å². The van der Waals surface area contributed by atoms with Crippen molar-refractivity contribution in [2.24, 2.45) is 11.1 Å². The molecule has 0 atom stereocenters. The van der Waals surface area contributed by atoms with Crippen molar-refractivity contribution in [2.75, 3.05) is 20.3 Å². The molecule has 0 radical (unpaired) electrons. The summed E-state index contributed by atoms with van der Waals surface area (Å²) in [5.74, 6) is -0.164. The quantitative estimate of drug-likeness (QED) is 0.740. The largest absolute Gasteiger partial charge is 0.389 e. The van der Waals surface area contributed by atoms with E-state index in [0.717, 1.165) is 25.9 Å². The van der Waals surface area contributed by atoms with E-state index in [1.165, 1.54) is 6.20 Å². The number of nitrogens with one attached hydrogen (secondary N) is 1. The highest BCUT2D eigenvalue weighted by atomic mass is 32.1. The summed E-state index contributed by atoms with van der Waals surface area (Å²) in [5.41, 5.74) is 6.76. The second kappa shape index (κ2) is 6.28. The average Bonchev–Trinajstić information content (AvgIpc) is 3.23. The lowest BCUT2D eigenvalue weighted by Gasteiger charge is -2.15. The zero-order chi connectivity index (χ0) is 14.6. The fourth-order valence-corrected chi connectivity index (χ4v) is 2.16. The first-order chi connectivity index (χ1) is 9.56. The predicted octanol–water partition coefficient (Wildman–Crippen LogP) is 1.26. The highest BCUT2D eigenvalue weighted by Gasteiger charge is 2.42. The molecule has 1 aromatic rings. The summed E-state index contributed by atoms with van der Waals surface area (Å²) in [6, 6.07) is 3.35. The van der Waals surface area contributed by atoms with Gasteiger partial charge in [0.1, 0.15) is 10.7 Å². The van der Waals surface area contributed by atoms with E-state index in [1.54, 1.807) is 19.2 Å². The van der Waals surface area contributed by atoms with Crippen LogP contribution in [0.3, 0.4) is 0 Å². The molecule has 0 saturated heterocycles. The predicted molar refractivity (Wildman–Crippen MR) is 80.6 cm³/mol. The fourth-order valence-electron chi connectivity index (χ4n) is 2.04. The first-order valence-electron chi connectivity index (χ1n) is 6.59. The molecule has 3 N–H and O–H groups in total. The lowest BCUT2D eigenvalue weighted by atomic mass is 10.0. The molecule has 1 aromatic heterocycles. The standard InChI is InChI=1S/C14H19N3O2S/c1-19-7-6-14(4-5-14)9-17-13(18)11-3-2-10(8-16-11)12(15)20/h2-3,8H,4-7,9H2,1H3,(H2,15,20)(H,17,18). The number of aromatic nitrogens is 1. The van der Waals surface area contributed by atoms with E-state index in [9.17, 15) is 4.79 Å². The molecule has 6 heteroatoms. The van der Waals surface area contributed by atoms with Gasteiger partial charge in [-0.3, -0.25) is 9.78 Å². The van der Waals surface area contributed by atoms with Gasteiger partial charge in [-0.1, -0.05) is 12.2 Å². The molecule has 1 aliphatic rings. The summed E-state index contributed by atoms with van der Waals surface area (Å²) in [6.07, 6.45) is 4.79. The lowest BCUT2D eigenvalue weighted by molar-refractivity contribution is 0.0933. The molecule has 0 unspecified atom stereocenters. The van der Waals surface area contributed by atoms with E-state index in [1.807, 2.05) is 0 Å². The maximum atomic E-state index is 12.0. The topological polar surface area (TPSA) is 77.2 Å². The highest BCUT2D eigenvalue weighted by Crippen LogP contribution is 2.48. The third-order valence-electron chi connectivity index (χ3n) is 3.70. The molecule has 0 spiro atoms. The normalized spacial score (nSPS) is 15.7. The van der Waals surface area contributed by atoms with Gasteiger partial charge in [-0.15, -0.1) is 0 Å². The van der Waals surface area contributed by atoms with Crippen LogP contribution in [0.1, 0.15) is 35.3 Å². The van der Waals surface area contributed by atoms with Gasteiger partial charge in [-0.25, -0.2) is 0 Å². The SMILES string of the molecule is COCCC1(CNC(=O)c2ccc(C(N)=S)cn2)CC1. The zero-order valence-corrected chi connectivity index (χ0v) is 12.3. The van der Waals surface area contributed by atoms with E-state index in [-0.39, 0.29) is 16.3 Å². The Morgan fingerprint density at radius 1 is 1.55 bits per heavy atom. The van der Waals surface area contributed by atoms with Crippen molar-refractivity contribution in [1.29, 1.82) is 0 Å². The Morgan fingerprint density at radius 3 is 2.80 bits per heavy atom. The minimum Gasteiger partial charge on any atom is -0.389 e. The lowest BCUT2D eigenvalue weighted by Crippen LogP contribution is -2.31. The van der Waals surface area contributed by atoms with Gasteiger partial charge in [0.25, 0.3) is 5.91 Å². The highest BCUT2D eigenvalue weighted by molar-refractivity contribution is 7.80. The Hall–Kier alpha value is -1.53. The van der Waals surface area contributed by atoms with Gasteiger partial charge in [0.05, 0.1) is 0 Å². The van der Waals surface area contributed by atoms with Gasteiger partial charge < -0.3 is 15.8 Å². The number of carbonyl (C=O) groups is 1. The Balaban J connectivity index is 1.87. The van der Waals surface area contributed by atoms with Crippen LogP contribution in [-0.4, -0.2) is 36.1 Å². The molecule has 108 valence electrons. The van der Waals surface area contributed by atoms with Crippen LogP contribution < -0.4 is 11.1 Å². The minimum atomic E-state index is -0.164. The van der Waals surface area contributed by atoms with Gasteiger partial charge in [0.15, 0.2) is 0 Å². The van der Waals surface area contributed by atoms with Crippen molar-refractivity contribution in [3.8, 4) is 0 Å². The zero-order valence-electron chi connectivity index (χ0n) is 11.5. The van der Waals surface area contributed by atoms with Crippen LogP contribution in [0.4, 0.5) is 0 Å². The van der Waals surface area contributed by atoms with Gasteiger partial charge in [-0.2, -0.15) is 0 Å². The third-order valence-corrected chi connectivity index (χ3v) is 3.93. The van der Waals surface area contributed by atoms with E-state index >= 15 is 0 Å². The molecule has 0 aliphatic heterocycles. The summed E-state index contributed by atoms with van der Waals surface area (Å²) < 4.78 is 5.10. The van der Waals surface area contributed by atoms with Gasteiger partial charge in [-0.05, 0) is 36.8 Å². The van der Waals surface area contributed by atoms with Crippen LogP contribution in [0.5, 0.6) is 0 Å². The van der Waals surface area contributed by atoms with Crippen LogP contribution in [0, 0.1) is 5.41 Å². The number of thiocarbonyl (C=S) groups is 1. The van der Waals surface area contributed by atoms with Crippen molar-refractivity contribution in [1.82, 2.24) is 10.3 Å². The molecule has 1 heterocycles. The number of rotatable bonds is 7. The number of hydrogen-bond acceptors (Lipinski definition) is 4. The fraction of sp³-hybridized carbons (Fsp3) is 0.500. The van der Waals surface area contributed by atoms with E-state index in [0.29, 0.717) is 17.8 Å². The molecule has 0 bridgehead atoms. The molecule has 5 nitrogen and oxygen atoms in total. The Bertz CT molecular complexity index is 498. The van der Waals surface area contributed by atoms with Crippen LogP contribution >= 0.6 is 12.2 Å². The van der Waals surface area contributed by atoms with Gasteiger partial charge >= 0.3 is 0 Å². The minimum absolute atomic E-state index is 0.164. The molecule has 1 amide bonds. The summed E-state index contributed by atoms with van der Waals surface area (Å²) in [4.78, 5) is 16.4. The summed E-state index contributed by atoms with van der Waals surface area (Å²) in [5, 5.41) is 2.94. The molecule has 20 heavy (non-hydrogen) atoms. The number of carbonyl (C=O) groups excluding carboxylic acids is 1. The summed E-state index contributed by atoms with van der Waals surface area (Å²) in [7, 11) is 1.70. The number of nitrogens with two attached hydrogens (primary N) is 1.